The van der Waals surface area contributed by atoms with Gasteiger partial charge >= 0.3 is 0 Å². The summed E-state index contributed by atoms with van der Waals surface area (Å²) in [6.45, 7) is 0. The zero-order chi connectivity index (χ0) is 32.1. The van der Waals surface area contributed by atoms with Crippen molar-refractivity contribution in [3.8, 4) is 45.1 Å². The third-order valence-corrected chi connectivity index (χ3v) is 10.3. The molecule has 1 aliphatic heterocycles. The number of ether oxygens (including phenoxy) is 1. The van der Waals surface area contributed by atoms with Crippen molar-refractivity contribution in [3.05, 3.63) is 170 Å². The van der Waals surface area contributed by atoms with Gasteiger partial charge in [-0.2, -0.15) is 0 Å². The zero-order valence-electron chi connectivity index (χ0n) is 26.5. The van der Waals surface area contributed by atoms with E-state index in [1.54, 1.807) is 0 Å². The molecule has 0 amide bonds. The normalized spacial score (nSPS) is 12.2. The number of para-hydroxylation sites is 4. The Morgan fingerprint density at radius 1 is 0.327 bits per heavy atom. The molecule has 3 nitrogen and oxygen atoms in total. The van der Waals surface area contributed by atoms with E-state index in [1.165, 1.54) is 76.8 Å². The van der Waals surface area contributed by atoms with Crippen LogP contribution in [-0.4, -0.2) is 9.13 Å². The first-order chi connectivity index (χ1) is 24.3. The molecular weight excluding hydrogens is 597 g/mol. The molecule has 0 unspecified atom stereocenters. The van der Waals surface area contributed by atoms with Crippen molar-refractivity contribution in [3.63, 3.8) is 0 Å². The first-order valence-electron chi connectivity index (χ1n) is 16.8. The second-order valence-corrected chi connectivity index (χ2v) is 12.9. The minimum atomic E-state index is 0.899. The minimum Gasteiger partial charge on any atom is -0.456 e. The molecule has 49 heavy (non-hydrogen) atoms. The van der Waals surface area contributed by atoms with Gasteiger partial charge in [0.2, 0.25) is 0 Å². The van der Waals surface area contributed by atoms with Crippen molar-refractivity contribution in [1.29, 1.82) is 0 Å². The lowest BCUT2D eigenvalue weighted by Gasteiger charge is -2.22. The summed E-state index contributed by atoms with van der Waals surface area (Å²) >= 11 is 0. The van der Waals surface area contributed by atoms with Crippen molar-refractivity contribution >= 4 is 54.4 Å². The van der Waals surface area contributed by atoms with E-state index in [2.05, 4.69) is 173 Å². The quantitative estimate of drug-likeness (QED) is 0.191. The van der Waals surface area contributed by atoms with Crippen LogP contribution in [0.1, 0.15) is 0 Å². The first kappa shape index (κ1) is 26.5. The fraction of sp³-hybridized carbons (Fsp3) is 0. The Balaban J connectivity index is 1.20. The fourth-order valence-electron chi connectivity index (χ4n) is 8.19. The van der Waals surface area contributed by atoms with Gasteiger partial charge in [-0.25, -0.2) is 0 Å². The Bertz CT molecular complexity index is 2950. The second-order valence-electron chi connectivity index (χ2n) is 12.9. The second kappa shape index (κ2) is 9.96. The third-order valence-electron chi connectivity index (χ3n) is 10.3. The van der Waals surface area contributed by atoms with Gasteiger partial charge in [-0.3, -0.25) is 0 Å². The van der Waals surface area contributed by atoms with Crippen molar-refractivity contribution in [2.45, 2.75) is 0 Å². The molecule has 0 spiro atoms. The molecular formula is C46H28N2O. The number of nitrogens with zero attached hydrogens (tertiary/aromatic N) is 2. The molecule has 2 aromatic heterocycles. The van der Waals surface area contributed by atoms with Gasteiger partial charge in [-0.05, 0) is 88.8 Å². The van der Waals surface area contributed by atoms with Crippen LogP contribution in [0, 0.1) is 0 Å². The van der Waals surface area contributed by atoms with Crippen LogP contribution in [-0.2, 0) is 0 Å². The highest BCUT2D eigenvalue weighted by Crippen LogP contribution is 2.50. The minimum absolute atomic E-state index is 0.899. The smallest absolute Gasteiger partial charge is 0.135 e. The molecule has 0 N–H and O–H groups in total. The van der Waals surface area contributed by atoms with E-state index < -0.39 is 0 Å². The van der Waals surface area contributed by atoms with Gasteiger partial charge in [0, 0.05) is 43.9 Å². The summed E-state index contributed by atoms with van der Waals surface area (Å²) in [5.74, 6) is 1.81. The molecule has 0 saturated carbocycles. The van der Waals surface area contributed by atoms with E-state index in [0.29, 0.717) is 0 Å². The molecule has 11 rings (SSSR count). The Kier molecular flexibility index (Phi) is 5.38. The standard InChI is InChI=1S/C46H28N2O/c1-3-12-31(13-4-1)47-39-19-9-7-16-33(39)37-26-29(23-25-40(37)47)30-22-24-35-41(27-30)48(32-14-5-2-6-15-32)42-28-38-34-17-8-10-20-43(34)49-44-21-11-18-36(45(35)42)46(38)44/h1-28H. The SMILES string of the molecule is c1ccc(-n2c3ccccc3c3cc(-c4ccc5c6c7cccc8c7c(cc6n(-c6ccccc6)c5c4)-c4ccccc4O8)ccc32)cc1. The van der Waals surface area contributed by atoms with Crippen molar-refractivity contribution in [2.24, 2.45) is 0 Å². The van der Waals surface area contributed by atoms with E-state index >= 15 is 0 Å². The number of rotatable bonds is 3. The van der Waals surface area contributed by atoms with E-state index in [-0.39, 0.29) is 0 Å². The van der Waals surface area contributed by atoms with Crippen molar-refractivity contribution in [1.82, 2.24) is 9.13 Å². The Hall–Kier alpha value is -6.58. The lowest BCUT2D eigenvalue weighted by molar-refractivity contribution is 0.487. The highest BCUT2D eigenvalue weighted by Gasteiger charge is 2.25. The van der Waals surface area contributed by atoms with Crippen LogP contribution >= 0.6 is 0 Å². The topological polar surface area (TPSA) is 19.1 Å². The number of hydrogen-bond donors (Lipinski definition) is 0. The summed E-state index contributed by atoms with van der Waals surface area (Å²) in [4.78, 5) is 0. The van der Waals surface area contributed by atoms with Crippen LogP contribution in [0.15, 0.2) is 170 Å². The highest BCUT2D eigenvalue weighted by molar-refractivity contribution is 6.26. The van der Waals surface area contributed by atoms with E-state index in [9.17, 15) is 0 Å². The van der Waals surface area contributed by atoms with Crippen LogP contribution < -0.4 is 4.74 Å². The van der Waals surface area contributed by atoms with Gasteiger partial charge < -0.3 is 13.9 Å². The van der Waals surface area contributed by atoms with Crippen molar-refractivity contribution in [2.75, 3.05) is 0 Å². The molecule has 1 aliphatic rings. The van der Waals surface area contributed by atoms with Crippen LogP contribution in [0.2, 0.25) is 0 Å². The largest absolute Gasteiger partial charge is 0.456 e. The van der Waals surface area contributed by atoms with Gasteiger partial charge in [0.1, 0.15) is 11.5 Å². The highest BCUT2D eigenvalue weighted by atomic mass is 16.5. The molecule has 0 radical (unpaired) electrons. The molecule has 0 saturated heterocycles. The molecule has 10 aromatic rings. The Labute approximate surface area is 282 Å². The predicted octanol–water partition coefficient (Wildman–Crippen LogP) is 12.5. The van der Waals surface area contributed by atoms with E-state index in [1.807, 2.05) is 6.07 Å². The maximum Gasteiger partial charge on any atom is 0.135 e. The van der Waals surface area contributed by atoms with Gasteiger partial charge in [-0.15, -0.1) is 0 Å². The van der Waals surface area contributed by atoms with Crippen LogP contribution in [0.4, 0.5) is 0 Å². The summed E-state index contributed by atoms with van der Waals surface area (Å²) in [5, 5.41) is 7.36. The first-order valence-corrected chi connectivity index (χ1v) is 16.8. The van der Waals surface area contributed by atoms with Gasteiger partial charge in [0.15, 0.2) is 0 Å². The lowest BCUT2D eigenvalue weighted by Crippen LogP contribution is -1.98. The van der Waals surface area contributed by atoms with E-state index in [0.717, 1.165) is 22.7 Å². The van der Waals surface area contributed by atoms with Gasteiger partial charge in [0.25, 0.3) is 0 Å². The molecule has 3 heteroatoms. The summed E-state index contributed by atoms with van der Waals surface area (Å²) < 4.78 is 11.3. The van der Waals surface area contributed by atoms with Crippen LogP contribution in [0.3, 0.4) is 0 Å². The third kappa shape index (κ3) is 3.73. The Morgan fingerprint density at radius 3 is 1.80 bits per heavy atom. The van der Waals surface area contributed by atoms with Gasteiger partial charge in [0.05, 0.1) is 22.1 Å². The van der Waals surface area contributed by atoms with Crippen LogP contribution in [0.25, 0.3) is 88.0 Å². The zero-order valence-corrected chi connectivity index (χ0v) is 26.5. The monoisotopic (exact) mass is 624 g/mol. The summed E-state index contributed by atoms with van der Waals surface area (Å²) in [6.07, 6.45) is 0. The summed E-state index contributed by atoms with van der Waals surface area (Å²) in [5.41, 5.74) is 11.8. The van der Waals surface area contributed by atoms with Gasteiger partial charge in [-0.1, -0.05) is 103 Å². The number of hydrogen-bond acceptors (Lipinski definition) is 1. The maximum absolute atomic E-state index is 6.47. The molecule has 0 atom stereocenters. The van der Waals surface area contributed by atoms with E-state index in [4.69, 9.17) is 4.74 Å². The molecule has 8 aromatic carbocycles. The predicted molar refractivity (Wildman–Crippen MR) is 204 cm³/mol. The lowest BCUT2D eigenvalue weighted by atomic mass is 9.92. The molecule has 228 valence electrons. The number of benzene rings is 8. The molecule has 3 heterocycles. The molecule has 0 bridgehead atoms. The van der Waals surface area contributed by atoms with Crippen LogP contribution in [0.5, 0.6) is 11.5 Å². The summed E-state index contributed by atoms with van der Waals surface area (Å²) in [6, 6.07) is 61.2. The average Bonchev–Trinajstić information content (AvgIpc) is 3.68. The molecule has 0 fully saturated rings. The fourth-order valence-corrected chi connectivity index (χ4v) is 8.19. The Morgan fingerprint density at radius 2 is 0.959 bits per heavy atom. The summed E-state index contributed by atoms with van der Waals surface area (Å²) in [7, 11) is 0. The number of fused-ring (bicyclic) bond motifs is 9. The molecule has 0 aliphatic carbocycles. The number of aromatic nitrogens is 2. The van der Waals surface area contributed by atoms with Crippen molar-refractivity contribution < 1.29 is 4.74 Å². The average molecular weight is 625 g/mol. The maximum atomic E-state index is 6.47.